The van der Waals surface area contributed by atoms with E-state index < -0.39 is 0 Å². The minimum Gasteiger partial charge on any atom is -0.267 e. The van der Waals surface area contributed by atoms with Crippen molar-refractivity contribution < 1.29 is 4.79 Å². The number of hydrogen-bond donors (Lipinski definition) is 1. The van der Waals surface area contributed by atoms with Crippen LogP contribution in [0.5, 0.6) is 0 Å². The Labute approximate surface area is 169 Å². The van der Waals surface area contributed by atoms with E-state index in [-0.39, 0.29) is 5.91 Å². The van der Waals surface area contributed by atoms with Crippen LogP contribution in [0.4, 0.5) is 0 Å². The summed E-state index contributed by atoms with van der Waals surface area (Å²) in [5.41, 5.74) is 7.66. The molecule has 0 aliphatic rings. The number of nitrogens with one attached hydrogen (secondary N) is 1. The molecule has 0 unspecified atom stereocenters. The van der Waals surface area contributed by atoms with Crippen molar-refractivity contribution in [1.29, 1.82) is 0 Å². The number of hydrogen-bond acceptors (Lipinski definition) is 3. The van der Waals surface area contributed by atoms with E-state index in [2.05, 4.69) is 10.5 Å². The van der Waals surface area contributed by atoms with Gasteiger partial charge in [0.1, 0.15) is 5.69 Å². The summed E-state index contributed by atoms with van der Waals surface area (Å²) in [7, 11) is 0. The zero-order chi connectivity index (χ0) is 20.1. The smallest absolute Gasteiger partial charge is 0.267 e. The van der Waals surface area contributed by atoms with Gasteiger partial charge in [0.25, 0.3) is 5.91 Å². The number of para-hydroxylation sites is 1. The summed E-state index contributed by atoms with van der Waals surface area (Å²) in [5.74, 6) is -0.240. The minimum absolute atomic E-state index is 0.240. The monoisotopic (exact) mass is 380 g/mol. The van der Waals surface area contributed by atoms with Crippen LogP contribution in [-0.4, -0.2) is 21.9 Å². The summed E-state index contributed by atoms with van der Waals surface area (Å²) in [5, 5.41) is 8.91. The third-order valence-electron chi connectivity index (χ3n) is 4.57. The van der Waals surface area contributed by atoms with E-state index in [1.165, 1.54) is 0 Å². The number of benzene rings is 3. The summed E-state index contributed by atoms with van der Waals surface area (Å²) in [6.45, 7) is 1.90. The third kappa shape index (κ3) is 4.14. The largest absolute Gasteiger partial charge is 0.271 e. The van der Waals surface area contributed by atoms with Crippen LogP contribution in [0.2, 0.25) is 0 Å². The molecule has 0 saturated carbocycles. The lowest BCUT2D eigenvalue weighted by Crippen LogP contribution is -2.18. The summed E-state index contributed by atoms with van der Waals surface area (Å²) in [6, 6.07) is 27.2. The number of rotatable bonds is 5. The van der Waals surface area contributed by atoms with E-state index in [9.17, 15) is 4.79 Å². The molecule has 0 radical (unpaired) electrons. The van der Waals surface area contributed by atoms with Crippen LogP contribution in [0, 0.1) is 6.92 Å². The van der Waals surface area contributed by atoms with Gasteiger partial charge in [-0.2, -0.15) is 10.2 Å². The third-order valence-corrected chi connectivity index (χ3v) is 4.57. The van der Waals surface area contributed by atoms with Gasteiger partial charge < -0.3 is 0 Å². The van der Waals surface area contributed by atoms with E-state index in [0.717, 1.165) is 28.1 Å². The molecule has 0 fully saturated rings. The zero-order valence-corrected chi connectivity index (χ0v) is 16.0. The number of amides is 1. The van der Waals surface area contributed by atoms with Crippen molar-refractivity contribution in [2.75, 3.05) is 0 Å². The molecule has 4 aromatic rings. The molecule has 0 atom stereocenters. The van der Waals surface area contributed by atoms with Crippen molar-refractivity contribution in [2.24, 2.45) is 5.10 Å². The first kappa shape index (κ1) is 18.4. The van der Waals surface area contributed by atoms with Gasteiger partial charge in [0, 0.05) is 22.9 Å². The Bertz CT molecular complexity index is 1150. The molecule has 1 heterocycles. The van der Waals surface area contributed by atoms with Gasteiger partial charge in [-0.25, -0.2) is 10.1 Å². The fourth-order valence-corrected chi connectivity index (χ4v) is 3.06. The summed E-state index contributed by atoms with van der Waals surface area (Å²) < 4.78 is 1.81. The predicted octanol–water partition coefficient (Wildman–Crippen LogP) is 4.61. The lowest BCUT2D eigenvalue weighted by atomic mass is 10.1. The second kappa shape index (κ2) is 8.35. The van der Waals surface area contributed by atoms with Crippen LogP contribution in [-0.2, 0) is 0 Å². The van der Waals surface area contributed by atoms with Gasteiger partial charge in [-0.05, 0) is 30.7 Å². The number of aromatic nitrogens is 2. The number of carbonyl (C=O) groups excluding carboxylic acids is 1. The second-order valence-corrected chi connectivity index (χ2v) is 6.59. The molecular weight excluding hydrogens is 360 g/mol. The lowest BCUT2D eigenvalue weighted by molar-refractivity contribution is 0.0954. The molecule has 0 aliphatic carbocycles. The number of hydrazone groups is 1. The maximum atomic E-state index is 12.4. The van der Waals surface area contributed by atoms with Crippen molar-refractivity contribution in [1.82, 2.24) is 15.2 Å². The van der Waals surface area contributed by atoms with E-state index in [1.54, 1.807) is 12.3 Å². The van der Waals surface area contributed by atoms with Crippen molar-refractivity contribution in [2.45, 2.75) is 6.92 Å². The lowest BCUT2D eigenvalue weighted by Gasteiger charge is -2.03. The maximum Gasteiger partial charge on any atom is 0.271 e. The van der Waals surface area contributed by atoms with E-state index in [1.807, 2.05) is 96.7 Å². The van der Waals surface area contributed by atoms with Gasteiger partial charge in [0.05, 0.1) is 11.9 Å². The number of nitrogens with zero attached hydrogens (tertiary/aromatic N) is 3. The first-order valence-electron chi connectivity index (χ1n) is 9.32. The highest BCUT2D eigenvalue weighted by Gasteiger charge is 2.11. The van der Waals surface area contributed by atoms with Crippen LogP contribution in [0.1, 0.15) is 21.5 Å². The molecule has 29 heavy (non-hydrogen) atoms. The maximum absolute atomic E-state index is 12.4. The van der Waals surface area contributed by atoms with Gasteiger partial charge in [-0.15, -0.1) is 0 Å². The van der Waals surface area contributed by atoms with Gasteiger partial charge in [-0.3, -0.25) is 4.79 Å². The topological polar surface area (TPSA) is 59.3 Å². The Balaban J connectivity index is 1.63. The molecule has 1 N–H and O–H groups in total. The average Bonchev–Trinajstić information content (AvgIpc) is 3.19. The second-order valence-electron chi connectivity index (χ2n) is 6.59. The fourth-order valence-electron chi connectivity index (χ4n) is 3.06. The average molecular weight is 380 g/mol. The Kier molecular flexibility index (Phi) is 5.29. The molecular formula is C24H20N4O. The molecule has 142 valence electrons. The highest BCUT2D eigenvalue weighted by Crippen LogP contribution is 2.22. The Hall–Kier alpha value is -3.99. The molecule has 0 aliphatic heterocycles. The van der Waals surface area contributed by atoms with Gasteiger partial charge in [-0.1, -0.05) is 66.7 Å². The van der Waals surface area contributed by atoms with Crippen molar-refractivity contribution >= 4 is 12.1 Å². The molecule has 3 aromatic carbocycles. The SMILES string of the molecule is Cc1ccccc1C(=O)N/N=C/c1cn(-c2ccccc2)nc1-c1ccccc1. The standard InChI is InChI=1S/C24H20N4O/c1-18-10-8-9-15-22(18)24(29)26-25-16-20-17-28(21-13-6-3-7-14-21)27-23(20)19-11-4-2-5-12-19/h2-17H,1H3,(H,26,29)/b25-16+. The first-order chi connectivity index (χ1) is 14.2. The number of carbonyl (C=O) groups is 1. The fraction of sp³-hybridized carbons (Fsp3) is 0.0417. The van der Waals surface area contributed by atoms with Gasteiger partial charge in [0.2, 0.25) is 0 Å². The molecule has 1 aromatic heterocycles. The Morgan fingerprint density at radius 3 is 2.31 bits per heavy atom. The molecule has 0 bridgehead atoms. The van der Waals surface area contributed by atoms with Gasteiger partial charge in [0.15, 0.2) is 0 Å². The Morgan fingerprint density at radius 1 is 0.931 bits per heavy atom. The molecule has 1 amide bonds. The summed E-state index contributed by atoms with van der Waals surface area (Å²) >= 11 is 0. The van der Waals surface area contributed by atoms with E-state index >= 15 is 0 Å². The minimum atomic E-state index is -0.240. The molecule has 5 heteroatoms. The summed E-state index contributed by atoms with van der Waals surface area (Å²) in [6.07, 6.45) is 3.53. The normalized spacial score (nSPS) is 10.9. The highest BCUT2D eigenvalue weighted by molar-refractivity contribution is 5.96. The quantitative estimate of drug-likeness (QED) is 0.406. The van der Waals surface area contributed by atoms with Gasteiger partial charge >= 0.3 is 0 Å². The van der Waals surface area contributed by atoms with Crippen LogP contribution in [0.3, 0.4) is 0 Å². The molecule has 0 spiro atoms. The van der Waals surface area contributed by atoms with Crippen molar-refractivity contribution in [3.63, 3.8) is 0 Å². The highest BCUT2D eigenvalue weighted by atomic mass is 16.2. The summed E-state index contributed by atoms with van der Waals surface area (Å²) in [4.78, 5) is 12.4. The van der Waals surface area contributed by atoms with Crippen LogP contribution < -0.4 is 5.43 Å². The Morgan fingerprint density at radius 2 is 1.59 bits per heavy atom. The molecule has 5 nitrogen and oxygen atoms in total. The van der Waals surface area contributed by atoms with Crippen LogP contribution in [0.25, 0.3) is 16.9 Å². The van der Waals surface area contributed by atoms with E-state index in [4.69, 9.17) is 5.10 Å². The molecule has 4 rings (SSSR count). The van der Waals surface area contributed by atoms with Crippen LogP contribution >= 0.6 is 0 Å². The van der Waals surface area contributed by atoms with Crippen molar-refractivity contribution in [3.05, 3.63) is 108 Å². The predicted molar refractivity (Wildman–Crippen MR) is 115 cm³/mol. The van der Waals surface area contributed by atoms with Crippen LogP contribution in [0.15, 0.2) is 96.2 Å². The first-order valence-corrected chi connectivity index (χ1v) is 9.32. The zero-order valence-electron chi connectivity index (χ0n) is 16.0. The van der Waals surface area contributed by atoms with Crippen molar-refractivity contribution in [3.8, 4) is 16.9 Å². The van der Waals surface area contributed by atoms with E-state index in [0.29, 0.717) is 5.56 Å². The number of aryl methyl sites for hydroxylation is 1. The molecule has 0 saturated heterocycles.